The third-order valence-electron chi connectivity index (χ3n) is 5.42. The summed E-state index contributed by atoms with van der Waals surface area (Å²) in [6.07, 6.45) is 0. The van der Waals surface area contributed by atoms with Crippen molar-refractivity contribution in [3.63, 3.8) is 0 Å². The van der Waals surface area contributed by atoms with Crippen molar-refractivity contribution >= 4 is 23.5 Å². The minimum Gasteiger partial charge on any atom is -0.466 e. The zero-order valence-corrected chi connectivity index (χ0v) is 19.9. The highest BCUT2D eigenvalue weighted by molar-refractivity contribution is 6.08. The van der Waals surface area contributed by atoms with Gasteiger partial charge in [0.05, 0.1) is 48.6 Å². The molecular formula is C26H26N4O5. The molecule has 1 aliphatic rings. The summed E-state index contributed by atoms with van der Waals surface area (Å²) in [6.45, 7) is 3.62. The Morgan fingerprint density at radius 1 is 1.00 bits per heavy atom. The highest BCUT2D eigenvalue weighted by Gasteiger charge is 2.43. The molecule has 1 atom stereocenters. The Kier molecular flexibility index (Phi) is 7.56. The fraction of sp³-hybridized carbons (Fsp3) is 0.231. The molecule has 0 aliphatic carbocycles. The second-order valence-electron chi connectivity index (χ2n) is 7.98. The van der Waals surface area contributed by atoms with Gasteiger partial charge in [-0.3, -0.25) is 9.69 Å². The average molecular weight is 475 g/mol. The first-order valence-corrected chi connectivity index (χ1v) is 10.8. The summed E-state index contributed by atoms with van der Waals surface area (Å²) >= 11 is 0. The Labute approximate surface area is 203 Å². The van der Waals surface area contributed by atoms with Crippen LogP contribution in [0, 0.1) is 11.3 Å². The van der Waals surface area contributed by atoms with Crippen molar-refractivity contribution in [3.8, 4) is 6.07 Å². The molecule has 1 amide bonds. The van der Waals surface area contributed by atoms with Gasteiger partial charge in [0.25, 0.3) is 5.91 Å². The minimum absolute atomic E-state index is 0.0170. The Hall–Kier alpha value is -4.58. The number of esters is 2. The van der Waals surface area contributed by atoms with Crippen LogP contribution < -0.4 is 16.0 Å². The van der Waals surface area contributed by atoms with E-state index in [1.165, 1.54) is 12.0 Å². The summed E-state index contributed by atoms with van der Waals surface area (Å²) in [7, 11) is 2.34. The van der Waals surface area contributed by atoms with E-state index in [-0.39, 0.29) is 40.0 Å². The van der Waals surface area contributed by atoms with E-state index in [1.54, 1.807) is 54.6 Å². The molecule has 0 fully saturated rings. The number of nitrogens with zero attached hydrogens (tertiary/aromatic N) is 2. The molecule has 1 unspecified atom stereocenters. The molecule has 0 radical (unpaired) electrons. The van der Waals surface area contributed by atoms with Crippen molar-refractivity contribution in [3.05, 3.63) is 88.4 Å². The molecule has 0 saturated heterocycles. The fourth-order valence-electron chi connectivity index (χ4n) is 3.96. The molecule has 180 valence electrons. The molecule has 3 N–H and O–H groups in total. The van der Waals surface area contributed by atoms with E-state index < -0.39 is 23.8 Å². The van der Waals surface area contributed by atoms with Gasteiger partial charge in [-0.15, -0.1) is 0 Å². The number of hydrogen-bond donors (Lipinski definition) is 2. The van der Waals surface area contributed by atoms with Crippen molar-refractivity contribution in [1.82, 2.24) is 5.32 Å². The number of anilines is 1. The van der Waals surface area contributed by atoms with Gasteiger partial charge in [-0.05, 0) is 31.5 Å². The van der Waals surface area contributed by atoms with Crippen LogP contribution in [0.3, 0.4) is 0 Å². The van der Waals surface area contributed by atoms with Gasteiger partial charge >= 0.3 is 11.9 Å². The molecule has 0 saturated carbocycles. The fourth-order valence-corrected chi connectivity index (χ4v) is 3.96. The van der Waals surface area contributed by atoms with E-state index in [1.807, 2.05) is 13.8 Å². The first-order valence-electron chi connectivity index (χ1n) is 10.8. The topological polar surface area (TPSA) is 135 Å². The number of ether oxygens (including phenoxy) is 2. The van der Waals surface area contributed by atoms with Crippen LogP contribution in [-0.2, 0) is 19.1 Å². The number of para-hydroxylation sites is 1. The monoisotopic (exact) mass is 474 g/mol. The quantitative estimate of drug-likeness (QED) is 0.610. The summed E-state index contributed by atoms with van der Waals surface area (Å²) in [5.41, 5.74) is 7.09. The molecule has 0 aromatic heterocycles. The van der Waals surface area contributed by atoms with Gasteiger partial charge in [-0.25, -0.2) is 9.59 Å². The maximum atomic E-state index is 13.2. The first kappa shape index (κ1) is 25.1. The molecule has 35 heavy (non-hydrogen) atoms. The van der Waals surface area contributed by atoms with Crippen LogP contribution in [0.1, 0.15) is 35.7 Å². The van der Waals surface area contributed by atoms with Crippen LogP contribution in [0.25, 0.3) is 0 Å². The molecule has 3 rings (SSSR count). The average Bonchev–Trinajstić information content (AvgIpc) is 2.87. The lowest BCUT2D eigenvalue weighted by molar-refractivity contribution is -0.139. The highest BCUT2D eigenvalue weighted by Crippen LogP contribution is 2.43. The number of carbonyl (C=O) groups is 3. The van der Waals surface area contributed by atoms with Gasteiger partial charge in [0.1, 0.15) is 11.5 Å². The lowest BCUT2D eigenvalue weighted by atomic mass is 9.80. The summed E-state index contributed by atoms with van der Waals surface area (Å²) in [5.74, 6) is -3.25. The van der Waals surface area contributed by atoms with Crippen molar-refractivity contribution < 1.29 is 23.9 Å². The zero-order chi connectivity index (χ0) is 25.7. The molecule has 2 aromatic rings. The number of hydrogen-bond acceptors (Lipinski definition) is 8. The number of allylic oxidation sites excluding steroid dienone is 1. The van der Waals surface area contributed by atoms with E-state index in [4.69, 9.17) is 15.2 Å². The smallest absolute Gasteiger partial charge is 0.355 e. The van der Waals surface area contributed by atoms with E-state index in [0.717, 1.165) is 7.11 Å². The van der Waals surface area contributed by atoms with Crippen LogP contribution >= 0.6 is 0 Å². The van der Waals surface area contributed by atoms with E-state index in [9.17, 15) is 19.6 Å². The standard InChI is InChI=1S/C26H26N4O5/c1-15(2)29-24(31)17-12-8-9-13-19(17)30-22(26(33)35-4)21(25(32)34-3)20(18(14-27)23(30)28)16-10-6-5-7-11-16/h5-13,15,20H,28H2,1-4H3,(H,29,31). The van der Waals surface area contributed by atoms with Gasteiger partial charge in [-0.1, -0.05) is 42.5 Å². The summed E-state index contributed by atoms with van der Waals surface area (Å²) in [6, 6.07) is 17.0. The highest BCUT2D eigenvalue weighted by atomic mass is 16.5. The third kappa shape index (κ3) is 4.73. The number of methoxy groups -OCH3 is 2. The lowest BCUT2D eigenvalue weighted by Crippen LogP contribution is -2.42. The van der Waals surface area contributed by atoms with Gasteiger partial charge in [-0.2, -0.15) is 5.26 Å². The van der Waals surface area contributed by atoms with E-state index in [0.29, 0.717) is 5.56 Å². The number of nitrogens with one attached hydrogen (secondary N) is 1. The van der Waals surface area contributed by atoms with Gasteiger partial charge in [0, 0.05) is 6.04 Å². The normalized spacial score (nSPS) is 15.5. The second kappa shape index (κ2) is 10.6. The minimum atomic E-state index is -0.990. The maximum Gasteiger partial charge on any atom is 0.355 e. The van der Waals surface area contributed by atoms with Crippen molar-refractivity contribution in [1.29, 1.82) is 5.26 Å². The zero-order valence-electron chi connectivity index (χ0n) is 19.9. The summed E-state index contributed by atoms with van der Waals surface area (Å²) in [5, 5.41) is 12.9. The van der Waals surface area contributed by atoms with Crippen LogP contribution in [0.5, 0.6) is 0 Å². The number of carbonyl (C=O) groups excluding carboxylic acids is 3. The summed E-state index contributed by atoms with van der Waals surface area (Å²) in [4.78, 5) is 40.5. The second-order valence-corrected chi connectivity index (χ2v) is 7.98. The SMILES string of the molecule is COC(=O)C1=C(C(=O)OC)N(c2ccccc2C(=O)NC(C)C)C(N)=C(C#N)C1c1ccccc1. The first-order chi connectivity index (χ1) is 16.8. The Morgan fingerprint density at radius 2 is 1.60 bits per heavy atom. The van der Waals surface area contributed by atoms with Crippen molar-refractivity contribution in [2.24, 2.45) is 5.73 Å². The van der Waals surface area contributed by atoms with Crippen LogP contribution in [0.2, 0.25) is 0 Å². The largest absolute Gasteiger partial charge is 0.466 e. The number of nitriles is 1. The predicted octanol–water partition coefficient (Wildman–Crippen LogP) is 2.72. The Bertz CT molecular complexity index is 1260. The third-order valence-corrected chi connectivity index (χ3v) is 5.42. The number of amides is 1. The summed E-state index contributed by atoms with van der Waals surface area (Å²) < 4.78 is 10.1. The molecule has 9 nitrogen and oxygen atoms in total. The van der Waals surface area contributed by atoms with E-state index >= 15 is 0 Å². The Balaban J connectivity index is 2.41. The van der Waals surface area contributed by atoms with Gasteiger partial charge in [0.15, 0.2) is 0 Å². The number of benzene rings is 2. The van der Waals surface area contributed by atoms with Crippen LogP contribution in [0.4, 0.5) is 5.69 Å². The van der Waals surface area contributed by atoms with E-state index in [2.05, 4.69) is 11.4 Å². The van der Waals surface area contributed by atoms with Crippen molar-refractivity contribution in [2.45, 2.75) is 25.8 Å². The number of nitrogens with two attached hydrogens (primary N) is 1. The predicted molar refractivity (Wildman–Crippen MR) is 129 cm³/mol. The maximum absolute atomic E-state index is 13.2. The molecule has 0 bridgehead atoms. The lowest BCUT2D eigenvalue weighted by Gasteiger charge is -2.36. The number of rotatable bonds is 6. The van der Waals surface area contributed by atoms with Crippen LogP contribution in [0.15, 0.2) is 77.3 Å². The molecule has 1 aliphatic heterocycles. The van der Waals surface area contributed by atoms with Crippen molar-refractivity contribution in [2.75, 3.05) is 19.1 Å². The molecule has 2 aromatic carbocycles. The van der Waals surface area contributed by atoms with Gasteiger partial charge < -0.3 is 20.5 Å². The molecule has 9 heteroatoms. The van der Waals surface area contributed by atoms with Crippen LogP contribution in [-0.4, -0.2) is 38.1 Å². The molecular weight excluding hydrogens is 448 g/mol. The molecule has 0 spiro atoms. The van der Waals surface area contributed by atoms with Gasteiger partial charge in [0.2, 0.25) is 0 Å². The Morgan fingerprint density at radius 3 is 2.17 bits per heavy atom. The molecule has 1 heterocycles.